The minimum absolute atomic E-state index is 0.763. The second-order valence-electron chi connectivity index (χ2n) is 15.0. The molecular weight excluding hydrogens is 625 g/mol. The average Bonchev–Trinajstić information content (AvgIpc) is 3.14. The van der Waals surface area contributed by atoms with E-state index in [2.05, 4.69) is 61.7 Å². The quantitative estimate of drug-likeness (QED) is 0.0526. The molecule has 1 aromatic carbocycles. The van der Waals surface area contributed by atoms with Crippen molar-refractivity contribution in [3.05, 3.63) is 48.1 Å². The molecule has 0 aromatic heterocycles. The Balaban J connectivity index is 2.21. The Kier molecular flexibility index (Phi) is 36.5. The highest BCUT2D eigenvalue weighted by molar-refractivity contribution is 5.43. The Morgan fingerprint density at radius 1 is 0.471 bits per heavy atom. The summed E-state index contributed by atoms with van der Waals surface area (Å²) in [7, 11) is 0. The van der Waals surface area contributed by atoms with E-state index >= 15 is 0 Å². The molecule has 4 heteroatoms. The van der Waals surface area contributed by atoms with Gasteiger partial charge in [-0.15, -0.1) is 0 Å². The maximum absolute atomic E-state index is 6.34. The zero-order valence-electron chi connectivity index (χ0n) is 34.2. The summed E-state index contributed by atoms with van der Waals surface area (Å²) in [6.07, 6.45) is 48.9. The lowest BCUT2D eigenvalue weighted by atomic mass is 10.1. The van der Waals surface area contributed by atoms with Gasteiger partial charge in [-0.1, -0.05) is 160 Å². The number of unbranched alkanes of at least 4 members (excludes halogenated alkanes) is 25. The Hall–Kier alpha value is -1.78. The van der Waals surface area contributed by atoms with E-state index in [9.17, 15) is 0 Å². The number of nitrogens with two attached hydrogens (primary N) is 1. The first-order chi connectivity index (χ1) is 25.3. The SMILES string of the molecule is CCCCCCCC/C=C/CCCCCCCCOc1ccc(CNCCCCN)cc1OCCCCCCCC/C=C/CCCCCCCC. The van der Waals surface area contributed by atoms with Crippen LogP contribution in [0.25, 0.3) is 0 Å². The molecule has 0 unspecified atom stereocenters. The Morgan fingerprint density at radius 2 is 0.882 bits per heavy atom. The fourth-order valence-corrected chi connectivity index (χ4v) is 6.58. The van der Waals surface area contributed by atoms with Crippen molar-refractivity contribution in [1.29, 1.82) is 0 Å². The normalized spacial score (nSPS) is 11.7. The summed E-state index contributed by atoms with van der Waals surface area (Å²) in [6.45, 7) is 8.72. The van der Waals surface area contributed by atoms with Crippen LogP contribution in [0.2, 0.25) is 0 Å². The average molecular weight is 711 g/mol. The Labute approximate surface area is 318 Å². The Morgan fingerprint density at radius 3 is 1.33 bits per heavy atom. The molecule has 0 heterocycles. The van der Waals surface area contributed by atoms with Crippen molar-refractivity contribution in [2.45, 2.75) is 213 Å². The highest BCUT2D eigenvalue weighted by atomic mass is 16.5. The van der Waals surface area contributed by atoms with Crippen LogP contribution < -0.4 is 20.5 Å². The van der Waals surface area contributed by atoms with Crippen LogP contribution in [-0.2, 0) is 6.54 Å². The van der Waals surface area contributed by atoms with Gasteiger partial charge in [0.1, 0.15) is 0 Å². The molecule has 0 spiro atoms. The molecule has 1 aromatic rings. The molecule has 0 bridgehead atoms. The lowest BCUT2D eigenvalue weighted by Crippen LogP contribution is -2.16. The number of benzene rings is 1. The van der Waals surface area contributed by atoms with Gasteiger partial charge in [0.05, 0.1) is 13.2 Å². The van der Waals surface area contributed by atoms with Crippen molar-refractivity contribution in [3.63, 3.8) is 0 Å². The Bertz CT molecular complexity index is 898. The molecule has 296 valence electrons. The molecule has 51 heavy (non-hydrogen) atoms. The van der Waals surface area contributed by atoms with Crippen molar-refractivity contribution in [2.24, 2.45) is 5.73 Å². The molecule has 0 amide bonds. The zero-order valence-corrected chi connectivity index (χ0v) is 34.2. The van der Waals surface area contributed by atoms with Crippen molar-refractivity contribution >= 4 is 0 Å². The maximum atomic E-state index is 6.34. The molecule has 3 N–H and O–H groups in total. The third kappa shape index (κ3) is 32.6. The van der Waals surface area contributed by atoms with Crippen LogP contribution >= 0.6 is 0 Å². The van der Waals surface area contributed by atoms with Gasteiger partial charge in [0, 0.05) is 6.54 Å². The highest BCUT2D eigenvalue weighted by Gasteiger charge is 2.08. The molecule has 0 fully saturated rings. The van der Waals surface area contributed by atoms with Crippen molar-refractivity contribution in [2.75, 3.05) is 26.3 Å². The van der Waals surface area contributed by atoms with Crippen LogP contribution in [0.3, 0.4) is 0 Å². The van der Waals surface area contributed by atoms with E-state index in [0.717, 1.165) is 70.0 Å². The predicted octanol–water partition coefficient (Wildman–Crippen LogP) is 14.3. The molecule has 1 rings (SSSR count). The number of rotatable bonds is 40. The molecule has 0 aliphatic heterocycles. The van der Waals surface area contributed by atoms with Gasteiger partial charge in [-0.05, 0) is 108 Å². The molecule has 0 atom stereocenters. The molecular formula is C47H86N2O2. The largest absolute Gasteiger partial charge is 0.490 e. The summed E-state index contributed by atoms with van der Waals surface area (Å²) in [4.78, 5) is 0. The topological polar surface area (TPSA) is 56.5 Å². The molecule has 0 saturated heterocycles. The number of hydrogen-bond acceptors (Lipinski definition) is 4. The number of hydrogen-bond donors (Lipinski definition) is 2. The third-order valence-electron chi connectivity index (χ3n) is 9.97. The van der Waals surface area contributed by atoms with E-state index < -0.39 is 0 Å². The van der Waals surface area contributed by atoms with E-state index in [1.54, 1.807) is 0 Å². The van der Waals surface area contributed by atoms with Crippen LogP contribution in [0.4, 0.5) is 0 Å². The number of ether oxygens (including phenoxy) is 2. The lowest BCUT2D eigenvalue weighted by Gasteiger charge is -2.15. The summed E-state index contributed by atoms with van der Waals surface area (Å²) < 4.78 is 12.6. The summed E-state index contributed by atoms with van der Waals surface area (Å²) >= 11 is 0. The van der Waals surface area contributed by atoms with Crippen LogP contribution in [-0.4, -0.2) is 26.3 Å². The van der Waals surface area contributed by atoms with E-state index in [1.807, 2.05) is 0 Å². The van der Waals surface area contributed by atoms with Gasteiger partial charge in [-0.3, -0.25) is 0 Å². The van der Waals surface area contributed by atoms with Gasteiger partial charge in [0.2, 0.25) is 0 Å². The summed E-state index contributed by atoms with van der Waals surface area (Å²) in [5, 5.41) is 3.55. The smallest absolute Gasteiger partial charge is 0.161 e. The zero-order chi connectivity index (χ0) is 36.6. The highest BCUT2D eigenvalue weighted by Crippen LogP contribution is 2.29. The second-order valence-corrected chi connectivity index (χ2v) is 15.0. The van der Waals surface area contributed by atoms with Gasteiger partial charge in [0.25, 0.3) is 0 Å². The lowest BCUT2D eigenvalue weighted by molar-refractivity contribution is 0.258. The summed E-state index contributed by atoms with van der Waals surface area (Å²) in [5.41, 5.74) is 6.91. The van der Waals surface area contributed by atoms with Gasteiger partial charge in [-0.25, -0.2) is 0 Å². The molecule has 0 saturated carbocycles. The van der Waals surface area contributed by atoms with Crippen molar-refractivity contribution < 1.29 is 9.47 Å². The van der Waals surface area contributed by atoms with Gasteiger partial charge < -0.3 is 20.5 Å². The fourth-order valence-electron chi connectivity index (χ4n) is 6.58. The molecule has 4 nitrogen and oxygen atoms in total. The van der Waals surface area contributed by atoms with E-state index in [1.165, 1.54) is 173 Å². The summed E-state index contributed by atoms with van der Waals surface area (Å²) in [5.74, 6) is 1.81. The van der Waals surface area contributed by atoms with E-state index in [-0.39, 0.29) is 0 Å². The first-order valence-corrected chi connectivity index (χ1v) is 22.4. The van der Waals surface area contributed by atoms with Gasteiger partial charge >= 0.3 is 0 Å². The van der Waals surface area contributed by atoms with Crippen LogP contribution in [0, 0.1) is 0 Å². The maximum Gasteiger partial charge on any atom is 0.161 e. The number of nitrogens with one attached hydrogen (secondary N) is 1. The summed E-state index contributed by atoms with van der Waals surface area (Å²) in [6, 6.07) is 6.49. The molecule has 0 aliphatic carbocycles. The number of allylic oxidation sites excluding steroid dienone is 4. The van der Waals surface area contributed by atoms with E-state index in [4.69, 9.17) is 15.2 Å². The first kappa shape index (κ1) is 47.2. The standard InChI is InChI=1S/C47H86N2O2/c1-3-5-7-9-11-13-15-17-19-21-23-25-27-29-31-35-41-50-46-38-37-45(44-49-40-34-33-39-48)43-47(46)51-42-36-32-30-28-26-24-22-20-18-16-14-12-10-8-6-4-2/h17-20,37-38,43,49H,3-16,21-36,39-42,44,48H2,1-2H3/b19-17+,20-18+. The second kappa shape index (κ2) is 39.4. The van der Waals surface area contributed by atoms with Crippen LogP contribution in [0.1, 0.15) is 212 Å². The van der Waals surface area contributed by atoms with Crippen molar-refractivity contribution in [1.82, 2.24) is 5.32 Å². The first-order valence-electron chi connectivity index (χ1n) is 22.4. The minimum atomic E-state index is 0.763. The van der Waals surface area contributed by atoms with Crippen molar-refractivity contribution in [3.8, 4) is 11.5 Å². The van der Waals surface area contributed by atoms with Gasteiger partial charge in [-0.2, -0.15) is 0 Å². The van der Waals surface area contributed by atoms with Crippen LogP contribution in [0.5, 0.6) is 11.5 Å². The monoisotopic (exact) mass is 711 g/mol. The van der Waals surface area contributed by atoms with Gasteiger partial charge in [0.15, 0.2) is 11.5 Å². The van der Waals surface area contributed by atoms with E-state index in [0.29, 0.717) is 0 Å². The molecule has 0 radical (unpaired) electrons. The third-order valence-corrected chi connectivity index (χ3v) is 9.97. The van der Waals surface area contributed by atoms with Crippen LogP contribution in [0.15, 0.2) is 42.5 Å². The minimum Gasteiger partial charge on any atom is -0.490 e. The fraction of sp³-hybridized carbons (Fsp3) is 0.787. The molecule has 0 aliphatic rings. The predicted molar refractivity (Wildman–Crippen MR) is 226 cm³/mol.